The van der Waals surface area contributed by atoms with Crippen LogP contribution in [0.5, 0.6) is 5.75 Å². The molecule has 0 bridgehead atoms. The van der Waals surface area contributed by atoms with E-state index in [1.807, 2.05) is 24.3 Å². The van der Waals surface area contributed by atoms with E-state index in [1.54, 1.807) is 13.8 Å². The van der Waals surface area contributed by atoms with E-state index in [-0.39, 0.29) is 17.6 Å². The molecule has 0 spiro atoms. The van der Waals surface area contributed by atoms with Crippen LogP contribution in [0.15, 0.2) is 24.3 Å². The average molecular weight is 261 g/mol. The summed E-state index contributed by atoms with van der Waals surface area (Å²) in [6, 6.07) is 7.31. The molecule has 0 fully saturated rings. The van der Waals surface area contributed by atoms with Gasteiger partial charge < -0.3 is 10.1 Å². The van der Waals surface area contributed by atoms with Gasteiger partial charge in [-0.25, -0.2) is 0 Å². The van der Waals surface area contributed by atoms with Crippen LogP contribution < -0.4 is 10.1 Å². The third kappa shape index (κ3) is 3.13. The molecule has 102 valence electrons. The predicted molar refractivity (Wildman–Crippen MR) is 72.0 cm³/mol. The summed E-state index contributed by atoms with van der Waals surface area (Å²) in [6.45, 7) is 3.89. The molecule has 1 N–H and O–H groups in total. The van der Waals surface area contributed by atoms with E-state index in [1.165, 1.54) is 0 Å². The van der Waals surface area contributed by atoms with Gasteiger partial charge in [-0.1, -0.05) is 25.1 Å². The summed E-state index contributed by atoms with van der Waals surface area (Å²) >= 11 is 0. The summed E-state index contributed by atoms with van der Waals surface area (Å²) in [6.07, 6.45) is 1.10. The van der Waals surface area contributed by atoms with Crippen LogP contribution in [0.1, 0.15) is 25.8 Å². The zero-order valence-electron chi connectivity index (χ0n) is 11.3. The van der Waals surface area contributed by atoms with Crippen molar-refractivity contribution < 1.29 is 14.3 Å². The molecule has 1 aromatic rings. The molecule has 0 aromatic heterocycles. The Bertz CT molecular complexity index is 484. The summed E-state index contributed by atoms with van der Waals surface area (Å²) in [5.41, 5.74) is 1.04. The lowest BCUT2D eigenvalue weighted by Gasteiger charge is -2.25. The van der Waals surface area contributed by atoms with Gasteiger partial charge in [-0.15, -0.1) is 0 Å². The Kier molecular flexibility index (Phi) is 4.20. The second-order valence-electron chi connectivity index (χ2n) is 4.87. The number of amides is 1. The molecule has 1 aliphatic rings. The highest BCUT2D eigenvalue weighted by molar-refractivity contribution is 5.89. The second kappa shape index (κ2) is 5.87. The highest BCUT2D eigenvalue weighted by atomic mass is 16.5. The fourth-order valence-corrected chi connectivity index (χ4v) is 2.21. The Morgan fingerprint density at radius 3 is 2.89 bits per heavy atom. The minimum atomic E-state index is -0.422. The van der Waals surface area contributed by atoms with Crippen LogP contribution in [-0.2, 0) is 16.0 Å². The van der Waals surface area contributed by atoms with E-state index in [4.69, 9.17) is 4.74 Å². The normalized spacial score (nSPS) is 18.9. The Hall–Kier alpha value is -1.84. The maximum atomic E-state index is 12.1. The second-order valence-corrected chi connectivity index (χ2v) is 4.87. The number of rotatable bonds is 4. The van der Waals surface area contributed by atoms with Crippen molar-refractivity contribution in [3.63, 3.8) is 0 Å². The third-order valence-corrected chi connectivity index (χ3v) is 3.44. The summed E-state index contributed by atoms with van der Waals surface area (Å²) in [4.78, 5) is 23.6. The fraction of sp³-hybridized carbons (Fsp3) is 0.467. The summed E-state index contributed by atoms with van der Waals surface area (Å²) < 4.78 is 5.58. The molecule has 1 aliphatic heterocycles. The highest BCUT2D eigenvalue weighted by Crippen LogP contribution is 2.26. The molecule has 2 unspecified atom stereocenters. The minimum Gasteiger partial charge on any atom is -0.492 e. The van der Waals surface area contributed by atoms with Gasteiger partial charge in [0.05, 0.1) is 12.0 Å². The zero-order valence-corrected chi connectivity index (χ0v) is 11.3. The summed E-state index contributed by atoms with van der Waals surface area (Å²) in [7, 11) is 0. The standard InChI is InChI=1S/C15H19NO3/c1-3-13(17)10(2)16-15(18)12-8-11-6-4-5-7-14(11)19-9-12/h4-7,10,12H,3,8-9H2,1-2H3,(H,16,18). The molecular weight excluding hydrogens is 242 g/mol. The first-order valence-electron chi connectivity index (χ1n) is 6.65. The number of benzene rings is 1. The number of nitrogens with one attached hydrogen (secondary N) is 1. The van der Waals surface area contributed by atoms with E-state index in [9.17, 15) is 9.59 Å². The van der Waals surface area contributed by atoms with Gasteiger partial charge in [0.2, 0.25) is 5.91 Å². The Balaban J connectivity index is 1.97. The smallest absolute Gasteiger partial charge is 0.227 e. The van der Waals surface area contributed by atoms with Crippen molar-refractivity contribution in [2.24, 2.45) is 5.92 Å². The van der Waals surface area contributed by atoms with Crippen molar-refractivity contribution in [3.8, 4) is 5.75 Å². The molecule has 4 nitrogen and oxygen atoms in total. The van der Waals surface area contributed by atoms with Gasteiger partial charge >= 0.3 is 0 Å². The maximum absolute atomic E-state index is 12.1. The Labute approximate surface area is 113 Å². The van der Waals surface area contributed by atoms with E-state index in [0.717, 1.165) is 11.3 Å². The predicted octanol–water partition coefficient (Wildman–Crippen LogP) is 1.72. The summed E-state index contributed by atoms with van der Waals surface area (Å²) in [5, 5.41) is 2.76. The van der Waals surface area contributed by atoms with Crippen molar-refractivity contribution in [1.29, 1.82) is 0 Å². The number of carbonyl (C=O) groups is 2. The lowest BCUT2D eigenvalue weighted by molar-refractivity contribution is -0.130. The first-order chi connectivity index (χ1) is 9.11. The van der Waals surface area contributed by atoms with Gasteiger partial charge in [0.15, 0.2) is 5.78 Å². The van der Waals surface area contributed by atoms with Gasteiger partial charge in [0.1, 0.15) is 12.4 Å². The number of fused-ring (bicyclic) bond motifs is 1. The highest BCUT2D eigenvalue weighted by Gasteiger charge is 2.27. The topological polar surface area (TPSA) is 55.4 Å². The van der Waals surface area contributed by atoms with Gasteiger partial charge in [0.25, 0.3) is 0 Å². The molecular formula is C15H19NO3. The summed E-state index contributed by atoms with van der Waals surface area (Å²) in [5.74, 6) is 0.570. The number of carbonyl (C=O) groups excluding carboxylic acids is 2. The van der Waals surface area contributed by atoms with Crippen LogP contribution in [0.25, 0.3) is 0 Å². The van der Waals surface area contributed by atoms with Crippen molar-refractivity contribution in [2.45, 2.75) is 32.7 Å². The molecule has 4 heteroatoms. The van der Waals surface area contributed by atoms with Crippen LogP contribution in [0.2, 0.25) is 0 Å². The quantitative estimate of drug-likeness (QED) is 0.898. The SMILES string of the molecule is CCC(=O)C(C)NC(=O)C1COc2ccccc2C1. The van der Waals surface area contributed by atoms with Crippen molar-refractivity contribution in [2.75, 3.05) is 6.61 Å². The molecule has 1 amide bonds. The number of hydrogen-bond donors (Lipinski definition) is 1. The van der Waals surface area contributed by atoms with Crippen LogP contribution in [0, 0.1) is 5.92 Å². The monoisotopic (exact) mass is 261 g/mol. The van der Waals surface area contributed by atoms with Gasteiger partial charge in [-0.3, -0.25) is 9.59 Å². The number of hydrogen-bond acceptors (Lipinski definition) is 3. The molecule has 1 aromatic carbocycles. The van der Waals surface area contributed by atoms with Crippen LogP contribution in [-0.4, -0.2) is 24.3 Å². The molecule has 0 radical (unpaired) electrons. The fourth-order valence-electron chi connectivity index (χ4n) is 2.21. The molecule has 0 saturated carbocycles. The molecule has 2 atom stereocenters. The zero-order chi connectivity index (χ0) is 13.8. The van der Waals surface area contributed by atoms with E-state index in [2.05, 4.69) is 5.32 Å². The van der Waals surface area contributed by atoms with Crippen molar-refractivity contribution in [1.82, 2.24) is 5.32 Å². The molecule has 0 aliphatic carbocycles. The van der Waals surface area contributed by atoms with Crippen LogP contribution in [0.3, 0.4) is 0 Å². The first kappa shape index (κ1) is 13.6. The minimum absolute atomic E-state index is 0.0467. The lowest BCUT2D eigenvalue weighted by Crippen LogP contribution is -2.44. The van der Waals surface area contributed by atoms with Gasteiger partial charge in [-0.2, -0.15) is 0 Å². The molecule has 1 heterocycles. The van der Waals surface area contributed by atoms with Crippen molar-refractivity contribution in [3.05, 3.63) is 29.8 Å². The van der Waals surface area contributed by atoms with Crippen molar-refractivity contribution >= 4 is 11.7 Å². The molecule has 0 saturated heterocycles. The van der Waals surface area contributed by atoms with Crippen LogP contribution in [0.4, 0.5) is 0 Å². The number of ether oxygens (including phenoxy) is 1. The van der Waals surface area contributed by atoms with E-state index < -0.39 is 6.04 Å². The van der Waals surface area contributed by atoms with Crippen LogP contribution >= 0.6 is 0 Å². The number of Topliss-reactive ketones (excluding diaryl/α,β-unsaturated/α-hetero) is 1. The Morgan fingerprint density at radius 2 is 2.16 bits per heavy atom. The first-order valence-corrected chi connectivity index (χ1v) is 6.65. The van der Waals surface area contributed by atoms with E-state index in [0.29, 0.717) is 19.4 Å². The average Bonchev–Trinajstić information content (AvgIpc) is 2.45. The van der Waals surface area contributed by atoms with E-state index >= 15 is 0 Å². The van der Waals surface area contributed by atoms with Gasteiger partial charge in [-0.05, 0) is 25.0 Å². The number of para-hydroxylation sites is 1. The molecule has 19 heavy (non-hydrogen) atoms. The lowest BCUT2D eigenvalue weighted by atomic mass is 9.95. The number of ketones is 1. The molecule has 2 rings (SSSR count). The van der Waals surface area contributed by atoms with Gasteiger partial charge in [0, 0.05) is 6.42 Å². The Morgan fingerprint density at radius 1 is 1.42 bits per heavy atom. The third-order valence-electron chi connectivity index (χ3n) is 3.44. The largest absolute Gasteiger partial charge is 0.492 e. The maximum Gasteiger partial charge on any atom is 0.227 e.